The Morgan fingerprint density at radius 3 is 2.76 bits per heavy atom. The van der Waals surface area contributed by atoms with Gasteiger partial charge in [-0.3, -0.25) is 0 Å². The monoisotopic (exact) mass is 254 g/mol. The van der Waals surface area contributed by atoms with Crippen LogP contribution >= 0.6 is 11.6 Å². The lowest BCUT2D eigenvalue weighted by Gasteiger charge is -2.12. The van der Waals surface area contributed by atoms with E-state index in [9.17, 15) is 0 Å². The molecule has 1 aliphatic rings. The van der Waals surface area contributed by atoms with Crippen LogP contribution in [0.15, 0.2) is 18.2 Å². The predicted octanol–water partition coefficient (Wildman–Crippen LogP) is 2.10. The highest BCUT2D eigenvalue weighted by Crippen LogP contribution is 2.24. The van der Waals surface area contributed by atoms with Crippen LogP contribution in [-0.2, 0) is 0 Å². The maximum atomic E-state index is 6.11. The third kappa shape index (κ3) is 3.90. The molecule has 0 aliphatic carbocycles. The van der Waals surface area contributed by atoms with Gasteiger partial charge in [-0.1, -0.05) is 17.7 Å². The van der Waals surface area contributed by atoms with E-state index in [1.54, 1.807) is 4.90 Å². The third-order valence-electron chi connectivity index (χ3n) is 3.33. The zero-order valence-electron chi connectivity index (χ0n) is 10.5. The first kappa shape index (κ1) is 12.7. The molecule has 1 aromatic carbocycles. The Morgan fingerprint density at radius 1 is 1.29 bits per heavy atom. The molecule has 0 aromatic heterocycles. The van der Waals surface area contributed by atoms with Crippen molar-refractivity contribution in [3.8, 4) is 5.75 Å². The van der Waals surface area contributed by atoms with Gasteiger partial charge in [0.05, 0.1) is 31.3 Å². The standard InChI is InChI=1S/C14H20ClNO/c1-12-5-6-14(13(15)11-12)17-10-4-9-16-7-2-3-8-16/h5-6,11H,2-4,7-10H2,1H3/p+1. The zero-order valence-corrected chi connectivity index (χ0v) is 11.2. The quantitative estimate of drug-likeness (QED) is 0.795. The Morgan fingerprint density at radius 2 is 2.06 bits per heavy atom. The van der Waals surface area contributed by atoms with Crippen molar-refractivity contribution < 1.29 is 9.64 Å². The number of hydrogen-bond acceptors (Lipinski definition) is 1. The number of halogens is 1. The van der Waals surface area contributed by atoms with Crippen LogP contribution in [0, 0.1) is 6.92 Å². The number of rotatable bonds is 5. The molecule has 17 heavy (non-hydrogen) atoms. The van der Waals surface area contributed by atoms with Gasteiger partial charge in [-0.05, 0) is 24.6 Å². The number of aryl methyl sites for hydroxylation is 1. The molecule has 1 aliphatic heterocycles. The molecule has 0 saturated carbocycles. The highest BCUT2D eigenvalue weighted by molar-refractivity contribution is 6.32. The van der Waals surface area contributed by atoms with E-state index in [1.165, 1.54) is 38.0 Å². The lowest BCUT2D eigenvalue weighted by atomic mass is 10.2. The van der Waals surface area contributed by atoms with Crippen LogP contribution < -0.4 is 9.64 Å². The van der Waals surface area contributed by atoms with Crippen LogP contribution in [0.25, 0.3) is 0 Å². The summed E-state index contributed by atoms with van der Waals surface area (Å²) in [6.07, 6.45) is 3.89. The summed E-state index contributed by atoms with van der Waals surface area (Å²) in [5.74, 6) is 0.814. The molecule has 94 valence electrons. The minimum absolute atomic E-state index is 0.721. The largest absolute Gasteiger partial charge is 0.492 e. The van der Waals surface area contributed by atoms with Crippen molar-refractivity contribution in [3.63, 3.8) is 0 Å². The Hall–Kier alpha value is -0.730. The summed E-state index contributed by atoms with van der Waals surface area (Å²) in [4.78, 5) is 1.73. The van der Waals surface area contributed by atoms with Gasteiger partial charge in [-0.15, -0.1) is 0 Å². The molecule has 0 radical (unpaired) electrons. The topological polar surface area (TPSA) is 13.7 Å². The molecule has 1 N–H and O–H groups in total. The molecule has 3 heteroatoms. The maximum Gasteiger partial charge on any atom is 0.137 e. The van der Waals surface area contributed by atoms with Crippen LogP contribution in [0.3, 0.4) is 0 Å². The number of quaternary nitrogens is 1. The van der Waals surface area contributed by atoms with E-state index in [-0.39, 0.29) is 0 Å². The summed E-state index contributed by atoms with van der Waals surface area (Å²) in [7, 11) is 0. The van der Waals surface area contributed by atoms with Gasteiger partial charge < -0.3 is 9.64 Å². The molecule has 0 amide bonds. The maximum absolute atomic E-state index is 6.11. The molecule has 0 bridgehead atoms. The number of nitrogens with one attached hydrogen (secondary N) is 1. The highest BCUT2D eigenvalue weighted by Gasteiger charge is 2.14. The van der Waals surface area contributed by atoms with Gasteiger partial charge >= 0.3 is 0 Å². The van der Waals surface area contributed by atoms with Crippen molar-refractivity contribution in [2.45, 2.75) is 26.2 Å². The summed E-state index contributed by atoms with van der Waals surface area (Å²) >= 11 is 6.11. The Bertz CT molecular complexity index is 361. The van der Waals surface area contributed by atoms with Crippen molar-refractivity contribution >= 4 is 11.6 Å². The summed E-state index contributed by atoms with van der Waals surface area (Å²) in [5, 5.41) is 0.721. The summed E-state index contributed by atoms with van der Waals surface area (Å²) in [6.45, 7) is 6.71. The third-order valence-corrected chi connectivity index (χ3v) is 3.63. The molecular formula is C14H21ClNO+. The van der Waals surface area contributed by atoms with Crippen molar-refractivity contribution in [2.24, 2.45) is 0 Å². The average Bonchev–Trinajstić information content (AvgIpc) is 2.79. The fraction of sp³-hybridized carbons (Fsp3) is 0.571. The first-order valence-electron chi connectivity index (χ1n) is 6.48. The van der Waals surface area contributed by atoms with E-state index in [1.807, 2.05) is 25.1 Å². The molecule has 0 unspecified atom stereocenters. The molecule has 1 saturated heterocycles. The van der Waals surface area contributed by atoms with E-state index < -0.39 is 0 Å². The second-order valence-electron chi connectivity index (χ2n) is 4.84. The summed E-state index contributed by atoms with van der Waals surface area (Å²) in [6, 6.07) is 5.94. The molecule has 2 rings (SSSR count). The fourth-order valence-electron chi connectivity index (χ4n) is 2.35. The number of ether oxygens (including phenoxy) is 1. The van der Waals surface area contributed by atoms with Crippen LogP contribution in [0.2, 0.25) is 5.02 Å². The minimum Gasteiger partial charge on any atom is -0.492 e. The van der Waals surface area contributed by atoms with Gasteiger partial charge in [-0.2, -0.15) is 0 Å². The predicted molar refractivity (Wildman–Crippen MR) is 71.1 cm³/mol. The van der Waals surface area contributed by atoms with Gasteiger partial charge in [0.25, 0.3) is 0 Å². The molecule has 1 heterocycles. The van der Waals surface area contributed by atoms with E-state index in [0.717, 1.165) is 23.8 Å². The van der Waals surface area contributed by atoms with E-state index in [0.29, 0.717) is 0 Å². The van der Waals surface area contributed by atoms with E-state index >= 15 is 0 Å². The van der Waals surface area contributed by atoms with E-state index in [2.05, 4.69) is 0 Å². The lowest BCUT2D eigenvalue weighted by molar-refractivity contribution is -0.887. The molecule has 0 spiro atoms. The van der Waals surface area contributed by atoms with Crippen molar-refractivity contribution in [2.75, 3.05) is 26.2 Å². The van der Waals surface area contributed by atoms with Crippen LogP contribution in [0.1, 0.15) is 24.8 Å². The van der Waals surface area contributed by atoms with Crippen molar-refractivity contribution in [3.05, 3.63) is 28.8 Å². The summed E-state index contributed by atoms with van der Waals surface area (Å²) < 4.78 is 5.71. The average molecular weight is 255 g/mol. The van der Waals surface area contributed by atoms with Gasteiger partial charge in [0, 0.05) is 19.3 Å². The Balaban J connectivity index is 1.70. The van der Waals surface area contributed by atoms with Crippen molar-refractivity contribution in [1.29, 1.82) is 0 Å². The molecule has 2 nitrogen and oxygen atoms in total. The number of benzene rings is 1. The van der Waals surface area contributed by atoms with Gasteiger partial charge in [0.1, 0.15) is 5.75 Å². The fourth-order valence-corrected chi connectivity index (χ4v) is 2.64. The Labute approximate surface area is 109 Å². The molecule has 1 fully saturated rings. The minimum atomic E-state index is 0.721. The second-order valence-corrected chi connectivity index (χ2v) is 5.25. The number of hydrogen-bond donors (Lipinski definition) is 1. The van der Waals surface area contributed by atoms with Crippen molar-refractivity contribution in [1.82, 2.24) is 0 Å². The SMILES string of the molecule is Cc1ccc(OCCC[NH+]2CCCC2)c(Cl)c1. The molecule has 0 atom stereocenters. The van der Waals surface area contributed by atoms with Gasteiger partial charge in [0.2, 0.25) is 0 Å². The first-order valence-corrected chi connectivity index (χ1v) is 6.86. The summed E-state index contributed by atoms with van der Waals surface area (Å²) in [5.41, 5.74) is 1.17. The van der Waals surface area contributed by atoms with Gasteiger partial charge in [-0.25, -0.2) is 0 Å². The van der Waals surface area contributed by atoms with Crippen LogP contribution in [0.4, 0.5) is 0 Å². The lowest BCUT2D eigenvalue weighted by Crippen LogP contribution is -3.10. The highest BCUT2D eigenvalue weighted by atomic mass is 35.5. The normalized spacial score (nSPS) is 16.4. The van der Waals surface area contributed by atoms with Crippen LogP contribution in [-0.4, -0.2) is 26.2 Å². The molecule has 1 aromatic rings. The van der Waals surface area contributed by atoms with Gasteiger partial charge in [0.15, 0.2) is 0 Å². The zero-order chi connectivity index (χ0) is 12.1. The number of likely N-dealkylation sites (tertiary alicyclic amines) is 1. The smallest absolute Gasteiger partial charge is 0.137 e. The first-order chi connectivity index (χ1) is 8.25. The van der Waals surface area contributed by atoms with E-state index in [4.69, 9.17) is 16.3 Å². The molecular weight excluding hydrogens is 234 g/mol. The Kier molecular flexibility index (Phi) is 4.69. The van der Waals surface area contributed by atoms with Crippen LogP contribution in [0.5, 0.6) is 5.75 Å². The second kappa shape index (κ2) is 6.27.